The molecule has 2 rings (SSSR count). The van der Waals surface area contributed by atoms with E-state index in [0.717, 1.165) is 11.3 Å². The SMILES string of the molecule is CN(NC(=O)/C=C/c1ccc(Cl)c(Cl)c1)c1ccccc1. The Labute approximate surface area is 133 Å². The molecule has 0 aliphatic rings. The first kappa shape index (κ1) is 15.4. The molecular weight excluding hydrogens is 307 g/mol. The molecule has 0 radical (unpaired) electrons. The quantitative estimate of drug-likeness (QED) is 0.677. The molecule has 0 heterocycles. The minimum absolute atomic E-state index is 0.229. The molecule has 0 bridgehead atoms. The van der Waals surface area contributed by atoms with Gasteiger partial charge in [0.05, 0.1) is 15.7 Å². The van der Waals surface area contributed by atoms with Crippen molar-refractivity contribution in [3.8, 4) is 0 Å². The second kappa shape index (κ2) is 7.16. The van der Waals surface area contributed by atoms with Gasteiger partial charge in [-0.15, -0.1) is 0 Å². The topological polar surface area (TPSA) is 32.3 Å². The predicted octanol–water partition coefficient (Wildman–Crippen LogP) is 4.17. The van der Waals surface area contributed by atoms with Gasteiger partial charge in [0.1, 0.15) is 0 Å². The summed E-state index contributed by atoms with van der Waals surface area (Å²) in [6.45, 7) is 0. The molecule has 21 heavy (non-hydrogen) atoms. The molecule has 2 aromatic rings. The summed E-state index contributed by atoms with van der Waals surface area (Å²) >= 11 is 11.8. The number of benzene rings is 2. The first-order chi connectivity index (χ1) is 10.1. The number of carbonyl (C=O) groups is 1. The van der Waals surface area contributed by atoms with Gasteiger partial charge in [-0.05, 0) is 35.9 Å². The maximum atomic E-state index is 11.9. The third-order valence-electron chi connectivity index (χ3n) is 2.79. The van der Waals surface area contributed by atoms with Crippen molar-refractivity contribution >= 4 is 40.9 Å². The van der Waals surface area contributed by atoms with Crippen LogP contribution in [0.5, 0.6) is 0 Å². The van der Waals surface area contributed by atoms with E-state index in [2.05, 4.69) is 5.43 Å². The zero-order chi connectivity index (χ0) is 15.2. The third kappa shape index (κ3) is 4.52. The molecule has 5 heteroatoms. The molecule has 2 aromatic carbocycles. The number of nitrogens with zero attached hydrogens (tertiary/aromatic N) is 1. The van der Waals surface area contributed by atoms with E-state index in [-0.39, 0.29) is 5.91 Å². The van der Waals surface area contributed by atoms with Crippen molar-refractivity contribution in [3.05, 3.63) is 70.2 Å². The highest BCUT2D eigenvalue weighted by Gasteiger charge is 2.02. The van der Waals surface area contributed by atoms with Crippen LogP contribution in [0.15, 0.2) is 54.6 Å². The third-order valence-corrected chi connectivity index (χ3v) is 3.53. The van der Waals surface area contributed by atoms with Crippen LogP contribution in [0.1, 0.15) is 5.56 Å². The Morgan fingerprint density at radius 1 is 1.10 bits per heavy atom. The molecule has 0 spiro atoms. The number of para-hydroxylation sites is 1. The van der Waals surface area contributed by atoms with Crippen molar-refractivity contribution in [3.63, 3.8) is 0 Å². The lowest BCUT2D eigenvalue weighted by atomic mass is 10.2. The number of hydrogen-bond acceptors (Lipinski definition) is 2. The van der Waals surface area contributed by atoms with Gasteiger partial charge in [0, 0.05) is 13.1 Å². The van der Waals surface area contributed by atoms with Crippen molar-refractivity contribution in [1.82, 2.24) is 5.43 Å². The Morgan fingerprint density at radius 2 is 1.81 bits per heavy atom. The van der Waals surface area contributed by atoms with Crippen LogP contribution >= 0.6 is 23.2 Å². The number of hydrogen-bond donors (Lipinski definition) is 1. The van der Waals surface area contributed by atoms with Crippen LogP contribution in [0.4, 0.5) is 5.69 Å². The number of carbonyl (C=O) groups excluding carboxylic acids is 1. The average Bonchev–Trinajstić information content (AvgIpc) is 2.49. The summed E-state index contributed by atoms with van der Waals surface area (Å²) in [4.78, 5) is 11.9. The molecule has 0 saturated heterocycles. The molecular formula is C16H14Cl2N2O. The van der Waals surface area contributed by atoms with E-state index in [1.807, 2.05) is 30.3 Å². The minimum Gasteiger partial charge on any atom is -0.288 e. The summed E-state index contributed by atoms with van der Waals surface area (Å²) in [5.74, 6) is -0.229. The maximum Gasteiger partial charge on any atom is 0.262 e. The zero-order valence-electron chi connectivity index (χ0n) is 11.4. The minimum atomic E-state index is -0.229. The highest BCUT2D eigenvalue weighted by molar-refractivity contribution is 6.42. The van der Waals surface area contributed by atoms with Gasteiger partial charge < -0.3 is 0 Å². The van der Waals surface area contributed by atoms with Gasteiger partial charge in [0.2, 0.25) is 0 Å². The van der Waals surface area contributed by atoms with Gasteiger partial charge in [-0.3, -0.25) is 15.2 Å². The van der Waals surface area contributed by atoms with Crippen LogP contribution in [0.3, 0.4) is 0 Å². The summed E-state index contributed by atoms with van der Waals surface area (Å²) in [7, 11) is 1.78. The fourth-order valence-electron chi connectivity index (χ4n) is 1.71. The molecule has 3 nitrogen and oxygen atoms in total. The number of hydrazine groups is 1. The van der Waals surface area contributed by atoms with Crippen LogP contribution < -0.4 is 10.4 Å². The fourth-order valence-corrected chi connectivity index (χ4v) is 2.01. The molecule has 0 atom stereocenters. The molecule has 0 unspecified atom stereocenters. The van der Waals surface area contributed by atoms with Crippen LogP contribution in [0.2, 0.25) is 10.0 Å². The lowest BCUT2D eigenvalue weighted by Crippen LogP contribution is -2.38. The van der Waals surface area contributed by atoms with Crippen LogP contribution in [0, 0.1) is 0 Å². The van der Waals surface area contributed by atoms with Crippen molar-refractivity contribution in [2.45, 2.75) is 0 Å². The van der Waals surface area contributed by atoms with Gasteiger partial charge >= 0.3 is 0 Å². The zero-order valence-corrected chi connectivity index (χ0v) is 12.9. The van der Waals surface area contributed by atoms with E-state index < -0.39 is 0 Å². The van der Waals surface area contributed by atoms with Gasteiger partial charge in [-0.1, -0.05) is 47.5 Å². The number of anilines is 1. The van der Waals surface area contributed by atoms with E-state index >= 15 is 0 Å². The van der Waals surface area contributed by atoms with E-state index in [4.69, 9.17) is 23.2 Å². The van der Waals surface area contributed by atoms with Gasteiger partial charge in [0.25, 0.3) is 5.91 Å². The van der Waals surface area contributed by atoms with Gasteiger partial charge in [-0.25, -0.2) is 0 Å². The Morgan fingerprint density at radius 3 is 2.48 bits per heavy atom. The highest BCUT2D eigenvalue weighted by atomic mass is 35.5. The van der Waals surface area contributed by atoms with Crippen molar-refractivity contribution in [1.29, 1.82) is 0 Å². The number of rotatable bonds is 4. The average molecular weight is 321 g/mol. The lowest BCUT2D eigenvalue weighted by Gasteiger charge is -2.19. The molecule has 108 valence electrons. The number of nitrogens with one attached hydrogen (secondary N) is 1. The Bertz CT molecular complexity index is 657. The second-order valence-electron chi connectivity index (χ2n) is 4.38. The van der Waals surface area contributed by atoms with Crippen molar-refractivity contribution < 1.29 is 4.79 Å². The number of halogens is 2. The van der Waals surface area contributed by atoms with Crippen LogP contribution in [-0.4, -0.2) is 13.0 Å². The summed E-state index contributed by atoms with van der Waals surface area (Å²) in [6, 6.07) is 14.7. The molecule has 0 aliphatic heterocycles. The van der Waals surface area contributed by atoms with Crippen molar-refractivity contribution in [2.24, 2.45) is 0 Å². The summed E-state index contributed by atoms with van der Waals surface area (Å²) in [6.07, 6.45) is 3.12. The summed E-state index contributed by atoms with van der Waals surface area (Å²) in [5.41, 5.74) is 4.45. The van der Waals surface area contributed by atoms with Gasteiger partial charge in [0.15, 0.2) is 0 Å². The molecule has 0 aromatic heterocycles. The van der Waals surface area contributed by atoms with Gasteiger partial charge in [-0.2, -0.15) is 0 Å². The Kier molecular flexibility index (Phi) is 5.26. The summed E-state index contributed by atoms with van der Waals surface area (Å²) < 4.78 is 0. The normalized spacial score (nSPS) is 10.6. The Hall–Kier alpha value is -1.97. The van der Waals surface area contributed by atoms with Crippen LogP contribution in [-0.2, 0) is 4.79 Å². The molecule has 0 saturated carbocycles. The molecule has 1 N–H and O–H groups in total. The van der Waals surface area contributed by atoms with E-state index in [0.29, 0.717) is 10.0 Å². The fraction of sp³-hybridized carbons (Fsp3) is 0.0625. The van der Waals surface area contributed by atoms with E-state index in [1.54, 1.807) is 36.3 Å². The maximum absolute atomic E-state index is 11.9. The standard InChI is InChI=1S/C16H14Cl2N2O/c1-20(13-5-3-2-4-6-13)19-16(21)10-8-12-7-9-14(17)15(18)11-12/h2-11H,1H3,(H,19,21)/b10-8+. The first-order valence-electron chi connectivity index (χ1n) is 6.29. The Balaban J connectivity index is 1.98. The predicted molar refractivity (Wildman–Crippen MR) is 88.5 cm³/mol. The lowest BCUT2D eigenvalue weighted by molar-refractivity contribution is -0.116. The van der Waals surface area contributed by atoms with Crippen molar-refractivity contribution in [2.75, 3.05) is 12.1 Å². The highest BCUT2D eigenvalue weighted by Crippen LogP contribution is 2.23. The van der Waals surface area contributed by atoms with E-state index in [1.165, 1.54) is 6.08 Å². The monoisotopic (exact) mass is 320 g/mol. The second-order valence-corrected chi connectivity index (χ2v) is 5.19. The first-order valence-corrected chi connectivity index (χ1v) is 7.04. The largest absolute Gasteiger partial charge is 0.288 e. The smallest absolute Gasteiger partial charge is 0.262 e. The van der Waals surface area contributed by atoms with Crippen LogP contribution in [0.25, 0.3) is 6.08 Å². The molecule has 1 amide bonds. The summed E-state index contributed by atoms with van der Waals surface area (Å²) in [5, 5.41) is 2.60. The van der Waals surface area contributed by atoms with E-state index in [9.17, 15) is 4.79 Å². The molecule has 0 fully saturated rings. The molecule has 0 aliphatic carbocycles. The number of amides is 1.